The van der Waals surface area contributed by atoms with Crippen LogP contribution in [-0.4, -0.2) is 19.6 Å². The van der Waals surface area contributed by atoms with Gasteiger partial charge in [0, 0.05) is 25.3 Å². The number of benzene rings is 1. The molecular formula is C13H21ClN2O2. The molecule has 0 bridgehead atoms. The summed E-state index contributed by atoms with van der Waals surface area (Å²) < 4.78 is 5.23. The second-order valence-electron chi connectivity index (χ2n) is 4.13. The Labute approximate surface area is 114 Å². The van der Waals surface area contributed by atoms with Crippen LogP contribution in [0.4, 0.5) is 5.69 Å². The number of carbonyl (C=O) groups is 1. The first-order valence-corrected chi connectivity index (χ1v) is 5.72. The summed E-state index contributed by atoms with van der Waals surface area (Å²) in [6, 6.07) is 7.63. The smallest absolute Gasteiger partial charge is 0.228 e. The number of hydrogen-bond donors (Lipinski definition) is 2. The van der Waals surface area contributed by atoms with Crippen LogP contribution in [0.5, 0.6) is 0 Å². The van der Waals surface area contributed by atoms with Crippen molar-refractivity contribution in [1.29, 1.82) is 0 Å². The fourth-order valence-electron chi connectivity index (χ4n) is 1.38. The Balaban J connectivity index is 0.00000289. The summed E-state index contributed by atoms with van der Waals surface area (Å²) in [5, 5.41) is 2.84. The third-order valence-electron chi connectivity index (χ3n) is 2.78. The molecule has 0 aliphatic rings. The molecule has 2 atom stereocenters. The maximum absolute atomic E-state index is 11.7. The minimum Gasteiger partial charge on any atom is -0.377 e. The topological polar surface area (TPSA) is 64.3 Å². The molecule has 2 unspecified atom stereocenters. The highest BCUT2D eigenvalue weighted by Crippen LogP contribution is 2.19. The van der Waals surface area contributed by atoms with E-state index in [0.717, 1.165) is 11.3 Å². The zero-order valence-corrected chi connectivity index (χ0v) is 11.8. The van der Waals surface area contributed by atoms with Crippen LogP contribution >= 0.6 is 12.4 Å². The summed E-state index contributed by atoms with van der Waals surface area (Å²) >= 11 is 0. The van der Waals surface area contributed by atoms with Gasteiger partial charge in [-0.1, -0.05) is 19.1 Å². The third kappa shape index (κ3) is 4.64. The molecule has 0 fully saturated rings. The molecule has 18 heavy (non-hydrogen) atoms. The second-order valence-corrected chi connectivity index (χ2v) is 4.13. The van der Waals surface area contributed by atoms with E-state index in [-0.39, 0.29) is 30.3 Å². The molecule has 0 spiro atoms. The number of anilines is 1. The number of rotatable bonds is 5. The van der Waals surface area contributed by atoms with E-state index < -0.39 is 0 Å². The quantitative estimate of drug-likeness (QED) is 0.865. The number of methoxy groups -OCH3 is 1. The molecule has 0 aromatic heterocycles. The van der Waals surface area contributed by atoms with Gasteiger partial charge in [0.15, 0.2) is 0 Å². The van der Waals surface area contributed by atoms with E-state index in [1.54, 1.807) is 14.0 Å². The molecule has 102 valence electrons. The average molecular weight is 273 g/mol. The van der Waals surface area contributed by atoms with Gasteiger partial charge in [-0.15, -0.1) is 12.4 Å². The van der Waals surface area contributed by atoms with Gasteiger partial charge in [-0.2, -0.15) is 0 Å². The third-order valence-corrected chi connectivity index (χ3v) is 2.78. The number of halogens is 1. The Morgan fingerprint density at radius 1 is 1.44 bits per heavy atom. The van der Waals surface area contributed by atoms with Crippen molar-refractivity contribution in [2.75, 3.05) is 19.0 Å². The largest absolute Gasteiger partial charge is 0.377 e. The minimum atomic E-state index is -0.182. The van der Waals surface area contributed by atoms with E-state index in [1.807, 2.05) is 31.2 Å². The summed E-state index contributed by atoms with van der Waals surface area (Å²) in [5.74, 6) is -0.242. The molecule has 0 radical (unpaired) electrons. The Bertz CT molecular complexity index is 385. The van der Waals surface area contributed by atoms with Gasteiger partial charge in [-0.05, 0) is 24.6 Å². The van der Waals surface area contributed by atoms with Crippen molar-refractivity contribution in [1.82, 2.24) is 0 Å². The van der Waals surface area contributed by atoms with Gasteiger partial charge in [0.05, 0.1) is 6.10 Å². The number of nitrogens with two attached hydrogens (primary N) is 1. The normalized spacial score (nSPS) is 13.3. The highest BCUT2D eigenvalue weighted by atomic mass is 35.5. The van der Waals surface area contributed by atoms with Gasteiger partial charge in [-0.25, -0.2) is 0 Å². The molecule has 0 saturated heterocycles. The molecule has 1 rings (SSSR count). The fraction of sp³-hybridized carbons (Fsp3) is 0.462. The van der Waals surface area contributed by atoms with E-state index in [4.69, 9.17) is 10.5 Å². The lowest BCUT2D eigenvalue weighted by Crippen LogP contribution is -2.26. The Morgan fingerprint density at radius 3 is 2.67 bits per heavy atom. The zero-order chi connectivity index (χ0) is 12.8. The number of hydrogen-bond acceptors (Lipinski definition) is 3. The molecule has 0 aliphatic carbocycles. The molecule has 5 heteroatoms. The summed E-state index contributed by atoms with van der Waals surface area (Å²) in [6.07, 6.45) is 0.0128. The fourth-order valence-corrected chi connectivity index (χ4v) is 1.38. The SMILES string of the molecule is COC(C)c1cccc(NC(=O)C(C)CN)c1.Cl. The molecule has 1 aromatic rings. The maximum Gasteiger partial charge on any atom is 0.228 e. The van der Waals surface area contributed by atoms with Crippen LogP contribution in [0.3, 0.4) is 0 Å². The van der Waals surface area contributed by atoms with Gasteiger partial charge in [0.25, 0.3) is 0 Å². The summed E-state index contributed by atoms with van der Waals surface area (Å²) in [5.41, 5.74) is 7.25. The average Bonchev–Trinajstić information content (AvgIpc) is 2.37. The number of amides is 1. The number of nitrogens with one attached hydrogen (secondary N) is 1. The van der Waals surface area contributed by atoms with Crippen LogP contribution in [0, 0.1) is 5.92 Å². The summed E-state index contributed by atoms with van der Waals surface area (Å²) in [4.78, 5) is 11.7. The molecule has 1 aromatic carbocycles. The predicted molar refractivity (Wildman–Crippen MR) is 76.0 cm³/mol. The first kappa shape index (κ1) is 16.9. The Kier molecular flexibility index (Phi) is 7.59. The Hall–Kier alpha value is -1.10. The van der Waals surface area contributed by atoms with E-state index in [0.29, 0.717) is 6.54 Å². The Morgan fingerprint density at radius 2 is 2.11 bits per heavy atom. The molecule has 0 heterocycles. The molecule has 1 amide bonds. The molecule has 0 aliphatic heterocycles. The van der Waals surface area contributed by atoms with Crippen molar-refractivity contribution in [2.24, 2.45) is 11.7 Å². The predicted octanol–water partition coefficient (Wildman–Crippen LogP) is 2.35. The van der Waals surface area contributed by atoms with Crippen molar-refractivity contribution in [3.63, 3.8) is 0 Å². The minimum absolute atomic E-state index is 0. The van der Waals surface area contributed by atoms with Crippen LogP contribution in [0.1, 0.15) is 25.5 Å². The van der Waals surface area contributed by atoms with Crippen molar-refractivity contribution >= 4 is 24.0 Å². The van der Waals surface area contributed by atoms with Crippen LogP contribution in [0.25, 0.3) is 0 Å². The van der Waals surface area contributed by atoms with Gasteiger partial charge < -0.3 is 15.8 Å². The van der Waals surface area contributed by atoms with Gasteiger partial charge in [0.2, 0.25) is 5.91 Å². The van der Waals surface area contributed by atoms with Gasteiger partial charge in [0.1, 0.15) is 0 Å². The zero-order valence-electron chi connectivity index (χ0n) is 11.0. The molecular weight excluding hydrogens is 252 g/mol. The van der Waals surface area contributed by atoms with Gasteiger partial charge >= 0.3 is 0 Å². The van der Waals surface area contributed by atoms with E-state index in [2.05, 4.69) is 5.32 Å². The van der Waals surface area contributed by atoms with E-state index >= 15 is 0 Å². The first-order chi connectivity index (χ1) is 8.08. The lowest BCUT2D eigenvalue weighted by atomic mass is 10.1. The standard InChI is InChI=1S/C13H20N2O2.ClH/c1-9(8-14)13(16)15-12-6-4-5-11(7-12)10(2)17-3;/h4-7,9-10H,8,14H2,1-3H3,(H,15,16);1H. The lowest BCUT2D eigenvalue weighted by molar-refractivity contribution is -0.119. The maximum atomic E-state index is 11.7. The summed E-state index contributed by atoms with van der Waals surface area (Å²) in [7, 11) is 1.66. The van der Waals surface area contributed by atoms with Crippen LogP contribution in [-0.2, 0) is 9.53 Å². The van der Waals surface area contributed by atoms with Crippen LogP contribution in [0.15, 0.2) is 24.3 Å². The van der Waals surface area contributed by atoms with Crippen LogP contribution in [0.2, 0.25) is 0 Å². The highest BCUT2D eigenvalue weighted by molar-refractivity contribution is 5.92. The lowest BCUT2D eigenvalue weighted by Gasteiger charge is -2.13. The highest BCUT2D eigenvalue weighted by Gasteiger charge is 2.11. The van der Waals surface area contributed by atoms with Crippen LogP contribution < -0.4 is 11.1 Å². The second kappa shape index (κ2) is 8.08. The monoisotopic (exact) mass is 272 g/mol. The summed E-state index contributed by atoms with van der Waals surface area (Å²) in [6.45, 7) is 4.11. The van der Waals surface area contributed by atoms with Crippen molar-refractivity contribution < 1.29 is 9.53 Å². The first-order valence-electron chi connectivity index (χ1n) is 5.72. The van der Waals surface area contributed by atoms with Crippen molar-refractivity contribution in [3.8, 4) is 0 Å². The molecule has 3 N–H and O–H groups in total. The molecule has 4 nitrogen and oxygen atoms in total. The molecule has 0 saturated carbocycles. The van der Waals surface area contributed by atoms with Gasteiger partial charge in [-0.3, -0.25) is 4.79 Å². The van der Waals surface area contributed by atoms with E-state index in [9.17, 15) is 4.79 Å². The number of carbonyl (C=O) groups excluding carboxylic acids is 1. The van der Waals surface area contributed by atoms with Crippen molar-refractivity contribution in [2.45, 2.75) is 20.0 Å². The van der Waals surface area contributed by atoms with Crippen molar-refractivity contribution in [3.05, 3.63) is 29.8 Å². The van der Waals surface area contributed by atoms with E-state index in [1.165, 1.54) is 0 Å². The number of ether oxygens (including phenoxy) is 1.